The Labute approximate surface area is 251 Å². The molecule has 3 rings (SSSR count). The highest BCUT2D eigenvalue weighted by molar-refractivity contribution is 5.92. The van der Waals surface area contributed by atoms with Crippen LogP contribution in [0.5, 0.6) is 5.75 Å². The van der Waals surface area contributed by atoms with E-state index in [2.05, 4.69) is 27.4 Å². The van der Waals surface area contributed by atoms with Gasteiger partial charge < -0.3 is 29.4 Å². The maximum absolute atomic E-state index is 12.2. The number of esters is 1. The minimum Gasteiger partial charge on any atom is -0.483 e. The predicted molar refractivity (Wildman–Crippen MR) is 155 cm³/mol. The number of ether oxygens (including phenoxy) is 3. The van der Waals surface area contributed by atoms with Gasteiger partial charge in [-0.25, -0.2) is 9.59 Å². The van der Waals surface area contributed by atoms with E-state index in [9.17, 15) is 19.2 Å². The fraction of sp³-hybridized carbons (Fsp3) is 0.533. The summed E-state index contributed by atoms with van der Waals surface area (Å²) in [5.74, 6) is 0.144. The average molecular weight is 600 g/mol. The minimum atomic E-state index is -0.520. The van der Waals surface area contributed by atoms with Crippen LogP contribution in [0.15, 0.2) is 41.4 Å². The van der Waals surface area contributed by atoms with Gasteiger partial charge in [-0.15, -0.1) is 0 Å². The van der Waals surface area contributed by atoms with E-state index in [4.69, 9.17) is 18.7 Å². The van der Waals surface area contributed by atoms with Crippen molar-refractivity contribution in [3.63, 3.8) is 0 Å². The molecule has 2 N–H and O–H groups in total. The molecule has 0 aliphatic carbocycles. The van der Waals surface area contributed by atoms with Crippen LogP contribution in [-0.4, -0.2) is 72.3 Å². The van der Waals surface area contributed by atoms with Crippen molar-refractivity contribution in [3.05, 3.63) is 54.2 Å². The van der Waals surface area contributed by atoms with Gasteiger partial charge >= 0.3 is 12.1 Å². The fourth-order valence-electron chi connectivity index (χ4n) is 4.61. The molecule has 0 unspecified atom stereocenters. The van der Waals surface area contributed by atoms with E-state index in [1.54, 1.807) is 29.2 Å². The normalized spacial score (nSPS) is 14.2. The third kappa shape index (κ3) is 11.1. The number of nitrogens with zero attached hydrogens (tertiary/aromatic N) is 3. The zero-order valence-electron chi connectivity index (χ0n) is 24.7. The van der Waals surface area contributed by atoms with Gasteiger partial charge in [-0.05, 0) is 37.8 Å². The molecular weight excluding hydrogens is 558 g/mol. The molecule has 1 aliphatic rings. The number of likely N-dealkylation sites (tertiary alicyclic amines) is 1. The summed E-state index contributed by atoms with van der Waals surface area (Å²) in [5.41, 5.74) is 0.272. The van der Waals surface area contributed by atoms with Crippen molar-refractivity contribution in [3.8, 4) is 5.75 Å². The monoisotopic (exact) mass is 599 g/mol. The lowest BCUT2D eigenvalue weighted by Crippen LogP contribution is -2.31. The third-order valence-corrected chi connectivity index (χ3v) is 6.83. The summed E-state index contributed by atoms with van der Waals surface area (Å²) in [4.78, 5) is 54.2. The Balaban J connectivity index is 1.20. The number of para-hydroxylation sites is 1. The molecule has 0 bridgehead atoms. The summed E-state index contributed by atoms with van der Waals surface area (Å²) >= 11 is 0. The molecule has 43 heavy (non-hydrogen) atoms. The molecule has 1 aromatic carbocycles. The van der Waals surface area contributed by atoms with Crippen molar-refractivity contribution in [2.24, 2.45) is 0 Å². The molecule has 2 aromatic rings. The van der Waals surface area contributed by atoms with Crippen molar-refractivity contribution < 1.29 is 37.9 Å². The number of rotatable bonds is 18. The number of methoxy groups -OCH3 is 1. The first-order valence-electron chi connectivity index (χ1n) is 14.6. The van der Waals surface area contributed by atoms with Crippen LogP contribution in [0.1, 0.15) is 85.9 Å². The van der Waals surface area contributed by atoms with E-state index in [0.717, 1.165) is 44.9 Å². The molecule has 1 fully saturated rings. The molecule has 1 aliphatic heterocycles. The number of benzene rings is 1. The molecule has 13 nitrogen and oxygen atoms in total. The van der Waals surface area contributed by atoms with Gasteiger partial charge in [0.2, 0.25) is 11.8 Å². The lowest BCUT2D eigenvalue weighted by molar-refractivity contribution is -0.123. The summed E-state index contributed by atoms with van der Waals surface area (Å²) < 4.78 is 20.7. The summed E-state index contributed by atoms with van der Waals surface area (Å²) in [6.07, 6.45) is 8.50. The lowest BCUT2D eigenvalue weighted by Gasteiger charge is -2.20. The van der Waals surface area contributed by atoms with E-state index < -0.39 is 12.1 Å². The van der Waals surface area contributed by atoms with Crippen LogP contribution in [0.4, 0.5) is 4.79 Å². The molecule has 13 heteroatoms. The van der Waals surface area contributed by atoms with Gasteiger partial charge in [-0.3, -0.25) is 14.5 Å². The fourth-order valence-corrected chi connectivity index (χ4v) is 4.61. The summed E-state index contributed by atoms with van der Waals surface area (Å²) in [6.45, 7) is 4.75. The topological polar surface area (TPSA) is 162 Å². The van der Waals surface area contributed by atoms with Gasteiger partial charge in [0, 0.05) is 19.5 Å². The van der Waals surface area contributed by atoms with Crippen molar-refractivity contribution >= 4 is 23.9 Å². The predicted octanol–water partition coefficient (Wildman–Crippen LogP) is 3.86. The number of hydrogen-bond acceptors (Lipinski definition) is 10. The van der Waals surface area contributed by atoms with Gasteiger partial charge in [-0.1, -0.05) is 55.6 Å². The number of carbonyl (C=O) groups excluding carboxylic acids is 4. The minimum absolute atomic E-state index is 0.0824. The molecule has 234 valence electrons. The second-order valence-electron chi connectivity index (χ2n) is 10.0. The van der Waals surface area contributed by atoms with Gasteiger partial charge in [0.05, 0.1) is 13.7 Å². The summed E-state index contributed by atoms with van der Waals surface area (Å²) in [5, 5.41) is 9.56. The summed E-state index contributed by atoms with van der Waals surface area (Å²) in [6, 6.07) is 6.28. The molecule has 0 spiro atoms. The van der Waals surface area contributed by atoms with Crippen LogP contribution in [0, 0.1) is 0 Å². The highest BCUT2D eigenvalue weighted by atomic mass is 16.6. The Bertz CT molecular complexity index is 1220. The van der Waals surface area contributed by atoms with Crippen LogP contribution in [0.2, 0.25) is 0 Å². The van der Waals surface area contributed by atoms with Gasteiger partial charge in [0.1, 0.15) is 24.0 Å². The van der Waals surface area contributed by atoms with Crippen LogP contribution >= 0.6 is 0 Å². The van der Waals surface area contributed by atoms with E-state index in [0.29, 0.717) is 43.4 Å². The Morgan fingerprint density at radius 3 is 2.63 bits per heavy atom. The molecular formula is C30H41N5O8. The Kier molecular flexibility index (Phi) is 14.0. The van der Waals surface area contributed by atoms with E-state index in [1.807, 2.05) is 0 Å². The van der Waals surface area contributed by atoms with Crippen molar-refractivity contribution in [1.82, 2.24) is 25.7 Å². The first kappa shape index (κ1) is 33.1. The smallest absolute Gasteiger partial charge is 0.410 e. The van der Waals surface area contributed by atoms with Crippen LogP contribution in [-0.2, 0) is 25.6 Å². The largest absolute Gasteiger partial charge is 0.483 e. The van der Waals surface area contributed by atoms with E-state index in [1.165, 1.54) is 13.2 Å². The molecule has 0 saturated carbocycles. The molecule has 1 atom stereocenters. The number of aromatic nitrogens is 2. The first-order chi connectivity index (χ1) is 20.9. The molecule has 0 radical (unpaired) electrons. The van der Waals surface area contributed by atoms with Gasteiger partial charge in [0.25, 0.3) is 5.91 Å². The number of nitrogens with one attached hydrogen (secondary N) is 2. The van der Waals surface area contributed by atoms with Crippen LogP contribution < -0.4 is 15.4 Å². The second kappa shape index (κ2) is 18.2. The zero-order valence-corrected chi connectivity index (χ0v) is 24.7. The highest BCUT2D eigenvalue weighted by Gasteiger charge is 2.35. The van der Waals surface area contributed by atoms with E-state index >= 15 is 0 Å². The third-order valence-electron chi connectivity index (χ3n) is 6.83. The first-order valence-corrected chi connectivity index (χ1v) is 14.6. The van der Waals surface area contributed by atoms with Crippen molar-refractivity contribution in [2.75, 3.05) is 33.4 Å². The number of hydrogen-bond donors (Lipinski definition) is 2. The number of amides is 3. The second-order valence-corrected chi connectivity index (χ2v) is 10.0. The summed E-state index contributed by atoms with van der Waals surface area (Å²) in [7, 11) is 1.29. The van der Waals surface area contributed by atoms with Crippen LogP contribution in [0.3, 0.4) is 0 Å². The zero-order chi connectivity index (χ0) is 30.9. The maximum Gasteiger partial charge on any atom is 0.410 e. The van der Waals surface area contributed by atoms with Gasteiger partial charge in [0.15, 0.2) is 12.4 Å². The molecule has 1 aromatic heterocycles. The molecule has 3 amide bonds. The maximum atomic E-state index is 12.2. The Hall–Kier alpha value is -4.42. The molecule has 1 saturated heterocycles. The van der Waals surface area contributed by atoms with E-state index in [-0.39, 0.29) is 43.2 Å². The highest BCUT2D eigenvalue weighted by Crippen LogP contribution is 2.31. The van der Waals surface area contributed by atoms with Gasteiger partial charge in [-0.2, -0.15) is 4.98 Å². The quantitative estimate of drug-likeness (QED) is 0.146. The number of unbranched alkanes of at least 4 members (excludes halogenated alkanes) is 5. The van der Waals surface area contributed by atoms with Crippen molar-refractivity contribution in [1.29, 1.82) is 0 Å². The van der Waals surface area contributed by atoms with Crippen molar-refractivity contribution in [2.45, 2.75) is 70.4 Å². The Morgan fingerprint density at radius 1 is 1.07 bits per heavy atom. The average Bonchev–Trinajstić information content (AvgIpc) is 3.70. The van der Waals surface area contributed by atoms with Crippen LogP contribution in [0.25, 0.3) is 0 Å². The SMILES string of the molecule is C=CCOC(=O)N1CCC[C@@H]1c1nc(CNC(=O)CCCCCCCCNC(=O)COc2ccccc2C(=O)OC)no1. The standard InChI is InChI=1S/C30H41N5O8/c1-3-19-41-30(39)35-18-12-14-23(35)28-33-25(34-43-28)20-32-26(36)16-8-6-4-5-7-11-17-31-27(37)21-42-24-15-10-9-13-22(24)29(38)40-2/h3,9-10,13,15,23H,1,4-8,11-12,14,16-21H2,2H3,(H,31,37)(H,32,36)/t23-/m1/s1. The Morgan fingerprint density at radius 2 is 1.84 bits per heavy atom. The molecule has 2 heterocycles. The number of carbonyl (C=O) groups is 4. The lowest BCUT2D eigenvalue weighted by atomic mass is 10.1.